The fourth-order valence-electron chi connectivity index (χ4n) is 2.25. The number of carboxylic acids is 1. The number of methoxy groups -OCH3 is 1. The van der Waals surface area contributed by atoms with Gasteiger partial charge in [0.15, 0.2) is 0 Å². The van der Waals surface area contributed by atoms with E-state index in [4.69, 9.17) is 9.84 Å². The lowest BCUT2D eigenvalue weighted by Crippen LogP contribution is -2.31. The fraction of sp³-hybridized carbons (Fsp3) is 0.467. The summed E-state index contributed by atoms with van der Waals surface area (Å²) in [6.45, 7) is 4.90. The van der Waals surface area contributed by atoms with Crippen molar-refractivity contribution in [3.05, 3.63) is 23.8 Å². The molecule has 0 radical (unpaired) electrons. The van der Waals surface area contributed by atoms with E-state index in [0.717, 1.165) is 6.42 Å². The minimum Gasteiger partial charge on any atom is -0.497 e. The van der Waals surface area contributed by atoms with Crippen LogP contribution in [-0.4, -0.2) is 30.8 Å². The molecule has 2 amide bonds. The van der Waals surface area contributed by atoms with Crippen LogP contribution in [0.25, 0.3) is 0 Å². The van der Waals surface area contributed by atoms with Crippen molar-refractivity contribution in [3.63, 3.8) is 0 Å². The van der Waals surface area contributed by atoms with Gasteiger partial charge in [0.05, 0.1) is 18.4 Å². The molecule has 6 heteroatoms. The van der Waals surface area contributed by atoms with Gasteiger partial charge in [0.25, 0.3) is 0 Å². The van der Waals surface area contributed by atoms with Gasteiger partial charge in [-0.1, -0.05) is 13.8 Å². The average molecular weight is 292 g/mol. The molecule has 1 aromatic carbocycles. The molecule has 0 spiro atoms. The first kappa shape index (κ1) is 15.2. The van der Waals surface area contributed by atoms with Crippen LogP contribution in [0.2, 0.25) is 0 Å². The van der Waals surface area contributed by atoms with Crippen molar-refractivity contribution in [2.45, 2.75) is 20.3 Å². The number of aromatic carboxylic acids is 1. The Balaban J connectivity index is 2.00. The first-order valence-corrected chi connectivity index (χ1v) is 6.79. The van der Waals surface area contributed by atoms with Gasteiger partial charge in [0.1, 0.15) is 5.75 Å². The summed E-state index contributed by atoms with van der Waals surface area (Å²) in [5.41, 5.74) is 0.530. The van der Waals surface area contributed by atoms with E-state index in [-0.39, 0.29) is 16.7 Å². The van der Waals surface area contributed by atoms with Crippen LogP contribution in [0, 0.1) is 11.3 Å². The van der Waals surface area contributed by atoms with Crippen molar-refractivity contribution in [2.24, 2.45) is 11.3 Å². The van der Waals surface area contributed by atoms with Crippen LogP contribution >= 0.6 is 0 Å². The third kappa shape index (κ3) is 3.65. The second-order valence-electron chi connectivity index (χ2n) is 5.94. The summed E-state index contributed by atoms with van der Waals surface area (Å²) < 4.78 is 5.04. The number of hydrogen-bond acceptors (Lipinski definition) is 3. The van der Waals surface area contributed by atoms with Crippen LogP contribution < -0.4 is 15.4 Å². The molecular formula is C15H20N2O4. The minimum atomic E-state index is -1.10. The molecule has 1 fully saturated rings. The summed E-state index contributed by atoms with van der Waals surface area (Å²) in [6, 6.07) is 4.03. The predicted molar refractivity (Wildman–Crippen MR) is 78.9 cm³/mol. The molecule has 0 aromatic heterocycles. The highest BCUT2D eigenvalue weighted by Crippen LogP contribution is 2.50. The van der Waals surface area contributed by atoms with Gasteiger partial charge in [-0.15, -0.1) is 0 Å². The summed E-state index contributed by atoms with van der Waals surface area (Å²) in [6.07, 6.45) is 1.09. The van der Waals surface area contributed by atoms with E-state index in [0.29, 0.717) is 18.2 Å². The Bertz CT molecular complexity index is 569. The smallest absolute Gasteiger partial charge is 0.337 e. The standard InChI is InChI=1S/C15H20N2O4/c1-15(2)7-9(15)8-16-14(20)17-12-6-10(21-3)4-5-11(12)13(18)19/h4-6,9H,7-8H2,1-3H3,(H,18,19)(H2,16,17,20). The number of rotatable bonds is 5. The average Bonchev–Trinajstić information content (AvgIpc) is 3.03. The minimum absolute atomic E-state index is 0.0256. The van der Waals surface area contributed by atoms with E-state index in [9.17, 15) is 9.59 Å². The number of urea groups is 1. The van der Waals surface area contributed by atoms with Crippen molar-refractivity contribution in [3.8, 4) is 5.75 Å². The van der Waals surface area contributed by atoms with Gasteiger partial charge in [-0.3, -0.25) is 0 Å². The SMILES string of the molecule is COc1ccc(C(=O)O)c(NC(=O)NCC2CC2(C)C)c1. The number of ether oxygens (including phenoxy) is 1. The van der Waals surface area contributed by atoms with Gasteiger partial charge < -0.3 is 20.5 Å². The molecule has 3 N–H and O–H groups in total. The second kappa shape index (κ2) is 5.63. The van der Waals surface area contributed by atoms with Crippen molar-refractivity contribution in [1.82, 2.24) is 5.32 Å². The maximum absolute atomic E-state index is 11.9. The van der Waals surface area contributed by atoms with Gasteiger partial charge in [0.2, 0.25) is 0 Å². The molecule has 1 aromatic rings. The number of nitrogens with one attached hydrogen (secondary N) is 2. The molecule has 0 heterocycles. The summed E-state index contributed by atoms with van der Waals surface area (Å²) in [5.74, 6) is -0.137. The molecule has 1 aliphatic carbocycles. The molecular weight excluding hydrogens is 272 g/mol. The van der Waals surface area contributed by atoms with Crippen LogP contribution in [0.15, 0.2) is 18.2 Å². The molecule has 0 bridgehead atoms. The molecule has 0 saturated heterocycles. The Morgan fingerprint density at radius 1 is 1.43 bits per heavy atom. The lowest BCUT2D eigenvalue weighted by atomic mass is 10.1. The number of hydrogen-bond donors (Lipinski definition) is 3. The quantitative estimate of drug-likeness (QED) is 0.778. The lowest BCUT2D eigenvalue weighted by molar-refractivity contribution is 0.0698. The summed E-state index contributed by atoms with van der Waals surface area (Å²) in [4.78, 5) is 23.0. The van der Waals surface area contributed by atoms with Crippen molar-refractivity contribution in [1.29, 1.82) is 0 Å². The van der Waals surface area contributed by atoms with Crippen molar-refractivity contribution >= 4 is 17.7 Å². The largest absolute Gasteiger partial charge is 0.497 e. The normalized spacial score (nSPS) is 18.7. The van der Waals surface area contributed by atoms with E-state index in [2.05, 4.69) is 24.5 Å². The van der Waals surface area contributed by atoms with E-state index in [1.54, 1.807) is 6.07 Å². The van der Waals surface area contributed by atoms with E-state index >= 15 is 0 Å². The topological polar surface area (TPSA) is 87.7 Å². The van der Waals surface area contributed by atoms with E-state index in [1.165, 1.54) is 19.2 Å². The number of benzene rings is 1. The van der Waals surface area contributed by atoms with Crippen molar-refractivity contribution < 1.29 is 19.4 Å². The van der Waals surface area contributed by atoms with Gasteiger partial charge in [-0.05, 0) is 29.9 Å². The van der Waals surface area contributed by atoms with E-state index in [1.807, 2.05) is 0 Å². The molecule has 114 valence electrons. The second-order valence-corrected chi connectivity index (χ2v) is 5.94. The molecule has 21 heavy (non-hydrogen) atoms. The molecule has 1 unspecified atom stereocenters. The number of amides is 2. The van der Waals surface area contributed by atoms with Crippen LogP contribution in [0.5, 0.6) is 5.75 Å². The third-order valence-corrected chi connectivity index (χ3v) is 3.93. The Morgan fingerprint density at radius 2 is 2.10 bits per heavy atom. The molecule has 1 aliphatic rings. The third-order valence-electron chi connectivity index (χ3n) is 3.93. The Labute approximate surface area is 123 Å². The predicted octanol–water partition coefficient (Wildman–Crippen LogP) is 2.56. The lowest BCUT2D eigenvalue weighted by Gasteiger charge is -2.11. The number of carbonyl (C=O) groups is 2. The summed E-state index contributed by atoms with van der Waals surface area (Å²) >= 11 is 0. The van der Waals surface area contributed by atoms with E-state index < -0.39 is 12.0 Å². The van der Waals surface area contributed by atoms with Gasteiger partial charge >= 0.3 is 12.0 Å². The zero-order chi connectivity index (χ0) is 15.6. The van der Waals surface area contributed by atoms with Crippen molar-refractivity contribution in [2.75, 3.05) is 19.0 Å². The zero-order valence-corrected chi connectivity index (χ0v) is 12.4. The molecule has 2 rings (SSSR count). The Morgan fingerprint density at radius 3 is 2.62 bits per heavy atom. The van der Waals surface area contributed by atoms with Crippen LogP contribution in [0.4, 0.5) is 10.5 Å². The maximum Gasteiger partial charge on any atom is 0.337 e. The molecule has 1 atom stereocenters. The van der Waals surface area contributed by atoms with Gasteiger partial charge in [-0.2, -0.15) is 0 Å². The Hall–Kier alpha value is -2.24. The highest BCUT2D eigenvalue weighted by atomic mass is 16.5. The number of carboxylic acid groups (broad SMARTS) is 1. The van der Waals surface area contributed by atoms with Gasteiger partial charge in [0, 0.05) is 12.6 Å². The summed E-state index contributed by atoms with van der Waals surface area (Å²) in [7, 11) is 1.48. The van der Waals surface area contributed by atoms with Crippen LogP contribution in [0.1, 0.15) is 30.6 Å². The molecule has 6 nitrogen and oxygen atoms in total. The zero-order valence-electron chi connectivity index (χ0n) is 12.4. The molecule has 0 aliphatic heterocycles. The monoisotopic (exact) mass is 292 g/mol. The first-order chi connectivity index (χ1) is 9.83. The highest BCUT2D eigenvalue weighted by Gasteiger charge is 2.45. The fourth-order valence-corrected chi connectivity index (χ4v) is 2.25. The summed E-state index contributed by atoms with van der Waals surface area (Å²) in [5, 5.41) is 14.5. The number of carbonyl (C=O) groups excluding carboxylic acids is 1. The maximum atomic E-state index is 11.9. The highest BCUT2D eigenvalue weighted by molar-refractivity contribution is 6.00. The first-order valence-electron chi connectivity index (χ1n) is 6.79. The van der Waals surface area contributed by atoms with Gasteiger partial charge in [-0.25, -0.2) is 9.59 Å². The molecule has 1 saturated carbocycles. The number of anilines is 1. The Kier molecular flexibility index (Phi) is 4.06. The van der Waals surface area contributed by atoms with Crippen LogP contribution in [0.3, 0.4) is 0 Å². The van der Waals surface area contributed by atoms with Crippen LogP contribution in [-0.2, 0) is 0 Å².